The maximum absolute atomic E-state index is 13.0. The zero-order valence-corrected chi connectivity index (χ0v) is 15.4. The topological polar surface area (TPSA) is 60.1 Å². The van der Waals surface area contributed by atoms with Gasteiger partial charge in [-0.3, -0.25) is 4.79 Å². The van der Waals surface area contributed by atoms with Gasteiger partial charge in [0, 0.05) is 6.54 Å². The Hall–Kier alpha value is -2.42. The van der Waals surface area contributed by atoms with Gasteiger partial charge in [-0.2, -0.15) is 13.2 Å². The molecule has 0 unspecified atom stereocenters. The predicted octanol–water partition coefficient (Wildman–Crippen LogP) is 4.47. The van der Waals surface area contributed by atoms with Crippen molar-refractivity contribution in [2.45, 2.75) is 37.8 Å². The Bertz CT molecular complexity index is 920. The van der Waals surface area contributed by atoms with Crippen LogP contribution >= 0.6 is 11.8 Å². The maximum Gasteiger partial charge on any atom is 0.416 e. The standard InChI is InChI=1S/C18H18F3N3O2S/c1-2-7-24-15-9-12(18(19,20)21)5-6-14(15)23-17(24)27-11-16(25)22-10-13-4-3-8-26-13/h3-6,8-9H,2,7,10-11H2,1H3,(H,22,25). The molecule has 0 fully saturated rings. The molecule has 0 aliphatic rings. The number of hydrogen-bond donors (Lipinski definition) is 1. The van der Waals surface area contributed by atoms with Crippen molar-refractivity contribution in [3.05, 3.63) is 47.9 Å². The summed E-state index contributed by atoms with van der Waals surface area (Å²) in [5.41, 5.74) is 0.195. The zero-order valence-electron chi connectivity index (χ0n) is 14.5. The fraction of sp³-hybridized carbons (Fsp3) is 0.333. The molecular weight excluding hydrogens is 379 g/mol. The first-order valence-electron chi connectivity index (χ1n) is 8.38. The third kappa shape index (κ3) is 4.65. The van der Waals surface area contributed by atoms with Crippen molar-refractivity contribution in [3.63, 3.8) is 0 Å². The Morgan fingerprint density at radius 1 is 1.33 bits per heavy atom. The van der Waals surface area contributed by atoms with E-state index in [1.807, 2.05) is 6.92 Å². The highest BCUT2D eigenvalue weighted by molar-refractivity contribution is 7.99. The number of rotatable bonds is 7. The predicted molar refractivity (Wildman–Crippen MR) is 96.3 cm³/mol. The number of fused-ring (bicyclic) bond motifs is 1. The second kappa shape index (κ2) is 8.08. The number of thioether (sulfide) groups is 1. The normalized spacial score (nSPS) is 11.9. The van der Waals surface area contributed by atoms with E-state index in [2.05, 4.69) is 10.3 Å². The lowest BCUT2D eigenvalue weighted by molar-refractivity contribution is -0.137. The van der Waals surface area contributed by atoms with Crippen molar-refractivity contribution < 1.29 is 22.4 Å². The first-order valence-corrected chi connectivity index (χ1v) is 9.36. The molecule has 0 spiro atoms. The lowest BCUT2D eigenvalue weighted by Crippen LogP contribution is -2.24. The van der Waals surface area contributed by atoms with Crippen molar-refractivity contribution in [1.29, 1.82) is 0 Å². The fourth-order valence-electron chi connectivity index (χ4n) is 2.61. The summed E-state index contributed by atoms with van der Waals surface area (Å²) >= 11 is 1.20. The molecule has 1 aromatic carbocycles. The van der Waals surface area contributed by atoms with E-state index in [1.54, 1.807) is 16.7 Å². The lowest BCUT2D eigenvalue weighted by Gasteiger charge is -2.09. The van der Waals surface area contributed by atoms with Crippen LogP contribution in [0.25, 0.3) is 11.0 Å². The van der Waals surface area contributed by atoms with Gasteiger partial charge in [0.25, 0.3) is 0 Å². The average molecular weight is 397 g/mol. The van der Waals surface area contributed by atoms with Crippen molar-refractivity contribution in [1.82, 2.24) is 14.9 Å². The number of hydrogen-bond acceptors (Lipinski definition) is 4. The summed E-state index contributed by atoms with van der Waals surface area (Å²) in [6.07, 6.45) is -2.15. The number of alkyl halides is 3. The van der Waals surface area contributed by atoms with Crippen molar-refractivity contribution in [3.8, 4) is 0 Å². The summed E-state index contributed by atoms with van der Waals surface area (Å²) in [6.45, 7) is 2.74. The van der Waals surface area contributed by atoms with Crippen LogP contribution in [-0.4, -0.2) is 21.2 Å². The number of aromatic nitrogens is 2. The number of halogens is 3. The van der Waals surface area contributed by atoms with Crippen LogP contribution in [-0.2, 0) is 24.1 Å². The Balaban J connectivity index is 1.74. The number of nitrogens with one attached hydrogen (secondary N) is 1. The van der Waals surface area contributed by atoms with Gasteiger partial charge >= 0.3 is 6.18 Å². The number of benzene rings is 1. The zero-order chi connectivity index (χ0) is 19.4. The Kier molecular flexibility index (Phi) is 5.79. The van der Waals surface area contributed by atoms with E-state index in [0.29, 0.717) is 28.5 Å². The molecule has 0 aliphatic carbocycles. The van der Waals surface area contributed by atoms with Gasteiger partial charge in [0.05, 0.1) is 35.2 Å². The minimum absolute atomic E-state index is 0.111. The number of amides is 1. The molecule has 0 bridgehead atoms. The highest BCUT2D eigenvalue weighted by Gasteiger charge is 2.31. The smallest absolute Gasteiger partial charge is 0.416 e. The van der Waals surface area contributed by atoms with E-state index in [9.17, 15) is 18.0 Å². The van der Waals surface area contributed by atoms with Crippen LogP contribution in [0.5, 0.6) is 0 Å². The van der Waals surface area contributed by atoms with Gasteiger partial charge in [-0.15, -0.1) is 0 Å². The molecule has 1 N–H and O–H groups in total. The van der Waals surface area contributed by atoms with E-state index in [1.165, 1.54) is 24.1 Å². The molecule has 2 aromatic heterocycles. The molecular formula is C18H18F3N3O2S. The molecule has 1 amide bonds. The quantitative estimate of drug-likeness (QED) is 0.598. The second-order valence-corrected chi connectivity index (χ2v) is 6.83. The van der Waals surface area contributed by atoms with E-state index in [-0.39, 0.29) is 18.2 Å². The molecule has 27 heavy (non-hydrogen) atoms. The monoisotopic (exact) mass is 397 g/mol. The van der Waals surface area contributed by atoms with Gasteiger partial charge in [-0.1, -0.05) is 18.7 Å². The molecule has 0 aliphatic heterocycles. The number of imidazole rings is 1. The molecule has 144 valence electrons. The van der Waals surface area contributed by atoms with Crippen molar-refractivity contribution in [2.75, 3.05) is 5.75 Å². The van der Waals surface area contributed by atoms with Crippen LogP contribution < -0.4 is 5.32 Å². The van der Waals surface area contributed by atoms with Gasteiger partial charge in [0.1, 0.15) is 5.76 Å². The minimum atomic E-state index is -4.41. The fourth-order valence-corrected chi connectivity index (χ4v) is 3.48. The highest BCUT2D eigenvalue weighted by atomic mass is 32.2. The van der Waals surface area contributed by atoms with Crippen LogP contribution in [0.2, 0.25) is 0 Å². The third-order valence-electron chi connectivity index (χ3n) is 3.86. The lowest BCUT2D eigenvalue weighted by atomic mass is 10.2. The van der Waals surface area contributed by atoms with Crippen LogP contribution in [0.3, 0.4) is 0 Å². The van der Waals surface area contributed by atoms with Crippen LogP contribution in [0.4, 0.5) is 13.2 Å². The molecule has 0 saturated heterocycles. The molecule has 3 aromatic rings. The molecule has 5 nitrogen and oxygen atoms in total. The highest BCUT2D eigenvalue weighted by Crippen LogP contribution is 2.33. The van der Waals surface area contributed by atoms with Crippen LogP contribution in [0.15, 0.2) is 46.2 Å². The van der Waals surface area contributed by atoms with Gasteiger partial charge in [-0.25, -0.2) is 4.98 Å². The van der Waals surface area contributed by atoms with Gasteiger partial charge in [0.15, 0.2) is 5.16 Å². The summed E-state index contributed by atoms with van der Waals surface area (Å²) in [5.74, 6) is 0.550. The second-order valence-electron chi connectivity index (χ2n) is 5.89. The van der Waals surface area contributed by atoms with Crippen LogP contribution in [0.1, 0.15) is 24.7 Å². The SMILES string of the molecule is CCCn1c(SCC(=O)NCc2ccco2)nc2ccc(C(F)(F)F)cc21. The Morgan fingerprint density at radius 2 is 2.15 bits per heavy atom. The molecule has 0 saturated carbocycles. The summed E-state index contributed by atoms with van der Waals surface area (Å²) in [4.78, 5) is 16.4. The number of carbonyl (C=O) groups is 1. The van der Waals surface area contributed by atoms with Gasteiger partial charge in [-0.05, 0) is 36.8 Å². The summed E-state index contributed by atoms with van der Waals surface area (Å²) in [7, 11) is 0. The van der Waals surface area contributed by atoms with E-state index in [0.717, 1.165) is 18.6 Å². The summed E-state index contributed by atoms with van der Waals surface area (Å²) < 4.78 is 45.9. The van der Waals surface area contributed by atoms with E-state index in [4.69, 9.17) is 4.42 Å². The average Bonchev–Trinajstić information content (AvgIpc) is 3.25. The van der Waals surface area contributed by atoms with E-state index < -0.39 is 11.7 Å². The molecule has 9 heteroatoms. The van der Waals surface area contributed by atoms with Gasteiger partial charge in [0.2, 0.25) is 5.91 Å². The van der Waals surface area contributed by atoms with Crippen LogP contribution in [0, 0.1) is 0 Å². The first-order chi connectivity index (χ1) is 12.9. The third-order valence-corrected chi connectivity index (χ3v) is 4.84. The molecule has 3 rings (SSSR count). The largest absolute Gasteiger partial charge is 0.467 e. The van der Waals surface area contributed by atoms with Gasteiger partial charge < -0.3 is 14.3 Å². The minimum Gasteiger partial charge on any atom is -0.467 e. The van der Waals surface area contributed by atoms with Crippen molar-refractivity contribution >= 4 is 28.7 Å². The number of furan rings is 1. The molecule has 2 heterocycles. The number of aryl methyl sites for hydroxylation is 1. The Morgan fingerprint density at radius 3 is 2.81 bits per heavy atom. The molecule has 0 radical (unpaired) electrons. The van der Waals surface area contributed by atoms with Crippen molar-refractivity contribution in [2.24, 2.45) is 0 Å². The summed E-state index contributed by atoms with van der Waals surface area (Å²) in [5, 5.41) is 3.26. The van der Waals surface area contributed by atoms with E-state index >= 15 is 0 Å². The Labute approximate surface area is 157 Å². The maximum atomic E-state index is 13.0. The summed E-state index contributed by atoms with van der Waals surface area (Å²) in [6, 6.07) is 6.99. The number of nitrogens with zero attached hydrogens (tertiary/aromatic N) is 2. The number of carbonyl (C=O) groups excluding carboxylic acids is 1. The molecule has 0 atom stereocenters. The first kappa shape index (κ1) is 19.3.